The van der Waals surface area contributed by atoms with E-state index in [0.29, 0.717) is 16.6 Å². The predicted octanol–water partition coefficient (Wildman–Crippen LogP) is 4.12. The predicted molar refractivity (Wildman–Crippen MR) is 109 cm³/mol. The minimum absolute atomic E-state index is 0.125. The number of hydrogen-bond donors (Lipinski definition) is 1. The molecule has 28 heavy (non-hydrogen) atoms. The lowest BCUT2D eigenvalue weighted by Crippen LogP contribution is -2.08. The fourth-order valence-electron chi connectivity index (χ4n) is 2.53. The number of aryl methyl sites for hydroxylation is 1. The van der Waals surface area contributed by atoms with Crippen LogP contribution in [0.3, 0.4) is 0 Å². The first-order valence-corrected chi connectivity index (χ1v) is 9.60. The molecule has 6 nitrogen and oxygen atoms in total. The van der Waals surface area contributed by atoms with Crippen LogP contribution >= 0.6 is 11.8 Å². The molecule has 0 aliphatic heterocycles. The maximum absolute atomic E-state index is 9.41. The summed E-state index contributed by atoms with van der Waals surface area (Å²) in [5.41, 5.74) is 9.11. The third-order valence-electron chi connectivity index (χ3n) is 4.16. The Labute approximate surface area is 168 Å². The molecule has 2 N–H and O–H groups in total. The van der Waals surface area contributed by atoms with Crippen LogP contribution in [0.4, 0.5) is 5.82 Å². The van der Waals surface area contributed by atoms with Crippen molar-refractivity contribution in [1.29, 1.82) is 5.26 Å². The summed E-state index contributed by atoms with van der Waals surface area (Å²) < 4.78 is 10.9. The van der Waals surface area contributed by atoms with Crippen molar-refractivity contribution in [2.24, 2.45) is 0 Å². The molecule has 0 fully saturated rings. The fraction of sp³-hybridized carbons (Fsp3) is 0.190. The van der Waals surface area contributed by atoms with Gasteiger partial charge in [-0.1, -0.05) is 36.0 Å². The highest BCUT2D eigenvalue weighted by Gasteiger charge is 2.14. The number of aromatic nitrogens is 2. The van der Waals surface area contributed by atoms with Crippen LogP contribution in [-0.2, 0) is 12.4 Å². The number of nitrogens with zero attached hydrogens (tertiary/aromatic N) is 3. The van der Waals surface area contributed by atoms with Crippen molar-refractivity contribution in [3.8, 4) is 17.6 Å². The first-order valence-electron chi connectivity index (χ1n) is 8.61. The molecule has 0 aliphatic carbocycles. The zero-order chi connectivity index (χ0) is 19.9. The summed E-state index contributed by atoms with van der Waals surface area (Å²) in [6.07, 6.45) is 0. The quantitative estimate of drug-likeness (QED) is 0.477. The van der Waals surface area contributed by atoms with Crippen LogP contribution in [0.2, 0.25) is 0 Å². The third kappa shape index (κ3) is 4.72. The Morgan fingerprint density at radius 2 is 1.79 bits per heavy atom. The van der Waals surface area contributed by atoms with E-state index < -0.39 is 0 Å². The average molecular weight is 392 g/mol. The summed E-state index contributed by atoms with van der Waals surface area (Å²) >= 11 is 1.48. The zero-order valence-corrected chi connectivity index (χ0v) is 16.5. The molecular weight excluding hydrogens is 372 g/mol. The first-order chi connectivity index (χ1) is 13.6. The van der Waals surface area contributed by atoms with Gasteiger partial charge in [0.05, 0.1) is 7.11 Å². The number of nitriles is 1. The van der Waals surface area contributed by atoms with Gasteiger partial charge in [0.15, 0.2) is 5.16 Å². The van der Waals surface area contributed by atoms with Crippen molar-refractivity contribution >= 4 is 17.6 Å². The molecule has 3 aromatic rings. The van der Waals surface area contributed by atoms with E-state index in [1.165, 1.54) is 22.9 Å². The van der Waals surface area contributed by atoms with E-state index in [1.54, 1.807) is 31.4 Å². The molecule has 0 radical (unpaired) electrons. The average Bonchev–Trinajstić information content (AvgIpc) is 2.72. The van der Waals surface area contributed by atoms with Gasteiger partial charge in [0.25, 0.3) is 0 Å². The number of anilines is 1. The van der Waals surface area contributed by atoms with E-state index in [4.69, 9.17) is 15.2 Å². The van der Waals surface area contributed by atoms with E-state index in [2.05, 4.69) is 35.1 Å². The van der Waals surface area contributed by atoms with E-state index in [-0.39, 0.29) is 18.0 Å². The first kappa shape index (κ1) is 19.5. The summed E-state index contributed by atoms with van der Waals surface area (Å²) in [7, 11) is 1.61. The lowest BCUT2D eigenvalue weighted by molar-refractivity contribution is 0.299. The number of benzene rings is 2. The van der Waals surface area contributed by atoms with E-state index in [9.17, 15) is 5.26 Å². The van der Waals surface area contributed by atoms with Crippen LogP contribution in [0.5, 0.6) is 11.5 Å². The van der Waals surface area contributed by atoms with Gasteiger partial charge >= 0.3 is 0 Å². The van der Waals surface area contributed by atoms with E-state index in [0.717, 1.165) is 11.5 Å². The van der Waals surface area contributed by atoms with Crippen molar-refractivity contribution in [1.82, 2.24) is 9.97 Å². The van der Waals surface area contributed by atoms with Crippen LogP contribution in [0.1, 0.15) is 22.4 Å². The summed E-state index contributed by atoms with van der Waals surface area (Å²) in [4.78, 5) is 8.76. The Morgan fingerprint density at radius 3 is 2.46 bits per heavy atom. The van der Waals surface area contributed by atoms with Gasteiger partial charge in [-0.05, 0) is 42.3 Å². The molecule has 0 atom stereocenters. The molecule has 0 spiro atoms. The van der Waals surface area contributed by atoms with Gasteiger partial charge in [-0.25, -0.2) is 9.97 Å². The number of nitrogen functional groups attached to an aromatic ring is 1. The van der Waals surface area contributed by atoms with Crippen LogP contribution < -0.4 is 15.2 Å². The van der Waals surface area contributed by atoms with Gasteiger partial charge < -0.3 is 15.2 Å². The zero-order valence-electron chi connectivity index (χ0n) is 15.7. The van der Waals surface area contributed by atoms with E-state index >= 15 is 0 Å². The van der Waals surface area contributed by atoms with Crippen LogP contribution in [0, 0.1) is 18.3 Å². The van der Waals surface area contributed by atoms with Gasteiger partial charge in [-0.2, -0.15) is 5.26 Å². The van der Waals surface area contributed by atoms with Crippen LogP contribution in [0.15, 0.2) is 53.7 Å². The van der Waals surface area contributed by atoms with Crippen molar-refractivity contribution in [2.45, 2.75) is 24.4 Å². The van der Waals surface area contributed by atoms with Crippen molar-refractivity contribution in [3.05, 3.63) is 70.9 Å². The largest absolute Gasteiger partial charge is 0.497 e. The molecule has 0 bridgehead atoms. The number of ether oxygens (including phenoxy) is 2. The van der Waals surface area contributed by atoms with Gasteiger partial charge in [0, 0.05) is 5.75 Å². The van der Waals surface area contributed by atoms with Gasteiger partial charge in [0.2, 0.25) is 0 Å². The maximum atomic E-state index is 9.41. The molecule has 0 saturated heterocycles. The molecular formula is C21H20N4O2S. The molecule has 0 unspecified atom stereocenters. The summed E-state index contributed by atoms with van der Waals surface area (Å²) in [6, 6.07) is 17.4. The molecule has 0 aliphatic rings. The SMILES string of the molecule is COc1ccc(OCc2nc(SCc3ccccc3C)nc(N)c2C#N)cc1. The van der Waals surface area contributed by atoms with Gasteiger partial charge in [-0.15, -0.1) is 0 Å². The smallest absolute Gasteiger partial charge is 0.190 e. The van der Waals surface area contributed by atoms with Crippen molar-refractivity contribution in [2.75, 3.05) is 12.8 Å². The Bertz CT molecular complexity index is 1000. The standard InChI is InChI=1S/C21H20N4O2S/c1-14-5-3-4-6-15(14)13-28-21-24-19(18(11-22)20(23)25-21)12-27-17-9-7-16(26-2)8-10-17/h3-10H,12-13H2,1-2H3,(H2,23,24,25). The lowest BCUT2D eigenvalue weighted by atomic mass is 10.1. The minimum atomic E-state index is 0.125. The topological polar surface area (TPSA) is 94.1 Å². The van der Waals surface area contributed by atoms with Gasteiger partial charge in [0.1, 0.15) is 41.3 Å². The minimum Gasteiger partial charge on any atom is -0.497 e. The fourth-order valence-corrected chi connectivity index (χ4v) is 3.48. The summed E-state index contributed by atoms with van der Waals surface area (Å²) in [6.45, 7) is 2.19. The number of nitrogens with two attached hydrogens (primary N) is 1. The second kappa shape index (κ2) is 9.11. The molecule has 142 valence electrons. The number of thioether (sulfide) groups is 1. The molecule has 2 aromatic carbocycles. The van der Waals surface area contributed by atoms with E-state index in [1.807, 2.05) is 12.1 Å². The summed E-state index contributed by atoms with van der Waals surface area (Å²) in [5.74, 6) is 2.27. The van der Waals surface area contributed by atoms with Crippen LogP contribution in [-0.4, -0.2) is 17.1 Å². The Kier molecular flexibility index (Phi) is 6.35. The highest BCUT2D eigenvalue weighted by Crippen LogP contribution is 2.25. The Hall–Kier alpha value is -3.24. The molecule has 1 aromatic heterocycles. The highest BCUT2D eigenvalue weighted by molar-refractivity contribution is 7.98. The number of rotatable bonds is 7. The monoisotopic (exact) mass is 392 g/mol. The second-order valence-electron chi connectivity index (χ2n) is 6.00. The lowest BCUT2D eigenvalue weighted by Gasteiger charge is -2.11. The molecule has 0 saturated carbocycles. The van der Waals surface area contributed by atoms with Crippen LogP contribution in [0.25, 0.3) is 0 Å². The van der Waals surface area contributed by atoms with Gasteiger partial charge in [-0.3, -0.25) is 0 Å². The normalized spacial score (nSPS) is 10.3. The summed E-state index contributed by atoms with van der Waals surface area (Å²) in [5, 5.41) is 9.93. The molecule has 0 amide bonds. The number of hydrogen-bond acceptors (Lipinski definition) is 7. The molecule has 1 heterocycles. The highest BCUT2D eigenvalue weighted by atomic mass is 32.2. The maximum Gasteiger partial charge on any atom is 0.190 e. The molecule has 3 rings (SSSR count). The third-order valence-corrected chi connectivity index (χ3v) is 5.05. The molecule has 7 heteroatoms. The second-order valence-corrected chi connectivity index (χ2v) is 6.95. The number of methoxy groups -OCH3 is 1. The van der Waals surface area contributed by atoms with Crippen molar-refractivity contribution < 1.29 is 9.47 Å². The Balaban J connectivity index is 1.75. The Morgan fingerprint density at radius 1 is 1.07 bits per heavy atom. The van der Waals surface area contributed by atoms with Crippen molar-refractivity contribution in [3.63, 3.8) is 0 Å².